The van der Waals surface area contributed by atoms with E-state index >= 15 is 0 Å². The van der Waals surface area contributed by atoms with Crippen molar-refractivity contribution in [3.63, 3.8) is 0 Å². The fourth-order valence-electron chi connectivity index (χ4n) is 3.36. The third-order valence-electron chi connectivity index (χ3n) is 4.78. The van der Waals surface area contributed by atoms with Crippen molar-refractivity contribution < 1.29 is 22.0 Å². The van der Waals surface area contributed by atoms with E-state index in [1.165, 1.54) is 29.4 Å². The number of aromatic nitrogens is 6. The molecule has 0 atom stereocenters. The summed E-state index contributed by atoms with van der Waals surface area (Å²) in [7, 11) is 1.70. The van der Waals surface area contributed by atoms with Crippen molar-refractivity contribution in [2.45, 2.75) is 25.9 Å². The summed E-state index contributed by atoms with van der Waals surface area (Å²) in [4.78, 5) is 19.4. The summed E-state index contributed by atoms with van der Waals surface area (Å²) < 4.78 is 68.6. The molecule has 0 radical (unpaired) electrons. The van der Waals surface area contributed by atoms with Gasteiger partial charge in [-0.1, -0.05) is 0 Å². The van der Waals surface area contributed by atoms with Gasteiger partial charge in [0, 0.05) is 25.0 Å². The highest BCUT2D eigenvalue weighted by Gasteiger charge is 2.58. The summed E-state index contributed by atoms with van der Waals surface area (Å²) in [5, 5.41) is 8.53. The molecule has 0 aliphatic heterocycles. The number of aromatic amines is 1. The van der Waals surface area contributed by atoms with Crippen molar-refractivity contribution in [1.29, 1.82) is 0 Å². The van der Waals surface area contributed by atoms with Crippen LogP contribution in [0.3, 0.4) is 0 Å². The Morgan fingerprint density at radius 1 is 1.03 bits per heavy atom. The normalized spacial score (nSPS) is 12.6. The second-order valence-corrected chi connectivity index (χ2v) is 7.13. The molecule has 1 aromatic carbocycles. The lowest BCUT2D eigenvalue weighted by Gasteiger charge is -2.22. The quantitative estimate of drug-likeness (QED) is 0.494. The minimum Gasteiger partial charge on any atom is -0.304 e. The molecule has 0 aliphatic rings. The van der Waals surface area contributed by atoms with Crippen LogP contribution in [0.2, 0.25) is 0 Å². The number of alkyl halides is 5. The molecule has 0 aliphatic carbocycles. The molecule has 0 saturated heterocycles. The number of hydrogen-bond donors (Lipinski definition) is 1. The molecule has 0 spiro atoms. The van der Waals surface area contributed by atoms with Crippen LogP contribution in [0.25, 0.3) is 28.2 Å². The van der Waals surface area contributed by atoms with E-state index < -0.39 is 23.2 Å². The van der Waals surface area contributed by atoms with Crippen molar-refractivity contribution >= 4 is 11.0 Å². The maximum atomic E-state index is 13.8. The third-order valence-corrected chi connectivity index (χ3v) is 4.78. The van der Waals surface area contributed by atoms with Crippen LogP contribution in [0.1, 0.15) is 16.7 Å². The molecular formula is C19H15F5N6O. The van der Waals surface area contributed by atoms with E-state index in [0.717, 1.165) is 12.1 Å². The van der Waals surface area contributed by atoms with Crippen molar-refractivity contribution in [3.05, 3.63) is 57.6 Å². The maximum Gasteiger partial charge on any atom is 0.458 e. The van der Waals surface area contributed by atoms with Crippen LogP contribution in [0.4, 0.5) is 22.0 Å². The number of fused-ring (bicyclic) bond motifs is 1. The fourth-order valence-corrected chi connectivity index (χ4v) is 3.36. The Morgan fingerprint density at radius 2 is 1.68 bits per heavy atom. The molecule has 162 valence electrons. The molecular weight excluding hydrogens is 423 g/mol. The predicted molar refractivity (Wildman–Crippen MR) is 101 cm³/mol. The van der Waals surface area contributed by atoms with E-state index in [1.807, 2.05) is 0 Å². The number of H-pyrrole nitrogens is 1. The number of hydrogen-bond acceptors (Lipinski definition) is 4. The molecule has 7 nitrogen and oxygen atoms in total. The first-order chi connectivity index (χ1) is 14.4. The Bertz CT molecular complexity index is 1340. The van der Waals surface area contributed by atoms with Gasteiger partial charge in [-0.25, -0.2) is 9.67 Å². The molecule has 3 aromatic heterocycles. The van der Waals surface area contributed by atoms with Gasteiger partial charge in [-0.05, 0) is 43.2 Å². The van der Waals surface area contributed by atoms with Crippen LogP contribution in [-0.4, -0.2) is 35.7 Å². The van der Waals surface area contributed by atoms with Gasteiger partial charge >= 0.3 is 12.1 Å². The number of nitrogens with zero attached hydrogens (tertiary/aromatic N) is 5. The highest BCUT2D eigenvalue weighted by atomic mass is 19.4. The van der Waals surface area contributed by atoms with Gasteiger partial charge in [0.25, 0.3) is 5.56 Å². The second kappa shape index (κ2) is 6.72. The molecule has 1 N–H and O–H groups in total. The number of benzene rings is 1. The molecule has 0 unspecified atom stereocenters. The average molecular weight is 438 g/mol. The summed E-state index contributed by atoms with van der Waals surface area (Å²) in [6, 6.07) is 3.17. The summed E-state index contributed by atoms with van der Waals surface area (Å²) in [6.45, 7) is 2.78. The fraction of sp³-hybridized carbons (Fsp3) is 0.263. The molecule has 0 amide bonds. The van der Waals surface area contributed by atoms with Crippen molar-refractivity contribution in [1.82, 2.24) is 29.5 Å². The van der Waals surface area contributed by atoms with E-state index in [4.69, 9.17) is 0 Å². The maximum absolute atomic E-state index is 13.8. The van der Waals surface area contributed by atoms with Gasteiger partial charge in [0.05, 0.1) is 5.69 Å². The minimum absolute atomic E-state index is 0.0768. The summed E-state index contributed by atoms with van der Waals surface area (Å²) in [6.07, 6.45) is -2.70. The predicted octanol–water partition coefficient (Wildman–Crippen LogP) is 3.78. The summed E-state index contributed by atoms with van der Waals surface area (Å²) in [5.41, 5.74) is -0.619. The number of aryl methyl sites for hydroxylation is 3. The van der Waals surface area contributed by atoms with Crippen LogP contribution < -0.4 is 5.56 Å². The van der Waals surface area contributed by atoms with E-state index in [2.05, 4.69) is 20.2 Å². The first kappa shape index (κ1) is 20.7. The molecule has 4 aromatic rings. The monoisotopic (exact) mass is 438 g/mol. The lowest BCUT2D eigenvalue weighted by molar-refractivity contribution is -0.289. The number of rotatable bonds is 3. The second-order valence-electron chi connectivity index (χ2n) is 7.13. The Balaban J connectivity index is 1.84. The van der Waals surface area contributed by atoms with Gasteiger partial charge in [0.2, 0.25) is 0 Å². The van der Waals surface area contributed by atoms with Gasteiger partial charge in [0.15, 0.2) is 11.5 Å². The number of halogens is 5. The molecule has 31 heavy (non-hydrogen) atoms. The summed E-state index contributed by atoms with van der Waals surface area (Å²) >= 11 is 0. The molecule has 0 saturated carbocycles. The van der Waals surface area contributed by atoms with E-state index in [1.54, 1.807) is 19.3 Å². The SMILES string of the molecule is Cc1cc(C(F)(F)C(F)(F)F)cc(C)c1-n1cc2c(=O)[nH]c(-c3ccn(C)n3)nc2n1. The lowest BCUT2D eigenvalue weighted by atomic mass is 10.00. The first-order valence-electron chi connectivity index (χ1n) is 8.95. The highest BCUT2D eigenvalue weighted by Crippen LogP contribution is 2.44. The van der Waals surface area contributed by atoms with Gasteiger partial charge in [-0.2, -0.15) is 27.1 Å². The largest absolute Gasteiger partial charge is 0.458 e. The first-order valence-corrected chi connectivity index (χ1v) is 8.95. The highest BCUT2D eigenvalue weighted by molar-refractivity contribution is 5.75. The van der Waals surface area contributed by atoms with Crippen LogP contribution in [0.5, 0.6) is 0 Å². The van der Waals surface area contributed by atoms with Crippen molar-refractivity contribution in [2.24, 2.45) is 7.05 Å². The van der Waals surface area contributed by atoms with Gasteiger partial charge in [0.1, 0.15) is 11.1 Å². The zero-order chi connectivity index (χ0) is 22.7. The standard InChI is InChI=1S/C19H15F5N6O/c1-9-6-11(18(20,21)19(22,23)24)7-10(2)14(9)30-8-12-15(28-30)25-16(26-17(12)31)13-4-5-29(3)27-13/h4-8H,1-3H3,(H,25,26,28,31). The minimum atomic E-state index is -5.72. The van der Waals surface area contributed by atoms with Crippen LogP contribution in [0, 0.1) is 13.8 Å². The van der Waals surface area contributed by atoms with Gasteiger partial charge in [-0.15, -0.1) is 5.10 Å². The van der Waals surface area contributed by atoms with Gasteiger partial charge in [-0.3, -0.25) is 9.48 Å². The Hall–Kier alpha value is -3.57. The van der Waals surface area contributed by atoms with Crippen LogP contribution in [-0.2, 0) is 13.0 Å². The molecule has 0 bridgehead atoms. The lowest BCUT2D eigenvalue weighted by Crippen LogP contribution is -2.33. The molecule has 0 fully saturated rings. The third kappa shape index (κ3) is 3.37. The zero-order valence-electron chi connectivity index (χ0n) is 16.4. The Labute approximate surface area is 171 Å². The molecule has 3 heterocycles. The van der Waals surface area contributed by atoms with E-state index in [0.29, 0.717) is 5.69 Å². The number of nitrogens with one attached hydrogen (secondary N) is 1. The molecule has 4 rings (SSSR count). The average Bonchev–Trinajstić information content (AvgIpc) is 3.26. The smallest absolute Gasteiger partial charge is 0.304 e. The van der Waals surface area contributed by atoms with E-state index in [-0.39, 0.29) is 33.7 Å². The van der Waals surface area contributed by atoms with Gasteiger partial charge < -0.3 is 4.98 Å². The van der Waals surface area contributed by atoms with E-state index in [9.17, 15) is 26.7 Å². The zero-order valence-corrected chi connectivity index (χ0v) is 16.4. The topological polar surface area (TPSA) is 81.4 Å². The molecule has 12 heteroatoms. The summed E-state index contributed by atoms with van der Waals surface area (Å²) in [5.74, 6) is -4.80. The Morgan fingerprint density at radius 3 is 2.23 bits per heavy atom. The van der Waals surface area contributed by atoms with Crippen LogP contribution >= 0.6 is 0 Å². The van der Waals surface area contributed by atoms with Crippen molar-refractivity contribution in [3.8, 4) is 17.2 Å². The van der Waals surface area contributed by atoms with Crippen LogP contribution in [0.15, 0.2) is 35.4 Å². The van der Waals surface area contributed by atoms with Crippen molar-refractivity contribution in [2.75, 3.05) is 0 Å². The Kier molecular flexibility index (Phi) is 4.49.